The van der Waals surface area contributed by atoms with E-state index in [2.05, 4.69) is 9.76 Å². The SMILES string of the molecule is NC1CCCC1ONC(=O)[C@@H]1CC2(COC2)[C@H]2CN1C(=O)N2OS(=O)(=O)O. The first-order valence-electron chi connectivity index (χ1n) is 8.76. The first-order valence-corrected chi connectivity index (χ1v) is 10.1. The van der Waals surface area contributed by atoms with Crippen LogP contribution in [0, 0.1) is 5.41 Å². The van der Waals surface area contributed by atoms with Crippen molar-refractivity contribution in [2.75, 3.05) is 19.8 Å². The van der Waals surface area contributed by atoms with Gasteiger partial charge >= 0.3 is 16.4 Å². The number of hydrogen-bond donors (Lipinski definition) is 3. The van der Waals surface area contributed by atoms with Crippen LogP contribution in [0.15, 0.2) is 0 Å². The van der Waals surface area contributed by atoms with Gasteiger partial charge in [0.25, 0.3) is 5.91 Å². The molecule has 1 spiro atoms. The standard InChI is InChI=1S/C14H22N4O8S/c15-8-2-1-3-10(8)25-16-12(19)9-4-14(6-24-7-14)11-5-17(9)13(20)18(11)26-27(21,22)23/h8-11H,1-7,15H2,(H,16,19)(H,21,22,23)/t8?,9-,10?,11+/m0/s1. The minimum absolute atomic E-state index is 0.0821. The first kappa shape index (κ1) is 18.8. The molecule has 3 saturated heterocycles. The van der Waals surface area contributed by atoms with Crippen molar-refractivity contribution < 1.29 is 36.4 Å². The number of piperidine rings is 1. The molecule has 13 heteroatoms. The summed E-state index contributed by atoms with van der Waals surface area (Å²) in [6.45, 7) is 0.587. The Morgan fingerprint density at radius 3 is 2.67 bits per heavy atom. The zero-order valence-corrected chi connectivity index (χ0v) is 15.3. The van der Waals surface area contributed by atoms with E-state index in [0.717, 1.165) is 19.3 Å². The lowest BCUT2D eigenvalue weighted by atomic mass is 9.71. The number of hydroxylamine groups is 3. The Labute approximate surface area is 155 Å². The lowest BCUT2D eigenvalue weighted by molar-refractivity contribution is -0.194. The van der Waals surface area contributed by atoms with Gasteiger partial charge in [0.15, 0.2) is 0 Å². The van der Waals surface area contributed by atoms with Crippen LogP contribution in [0.1, 0.15) is 25.7 Å². The van der Waals surface area contributed by atoms with E-state index in [0.29, 0.717) is 5.06 Å². The number of urea groups is 1. The van der Waals surface area contributed by atoms with Crippen molar-refractivity contribution in [3.63, 3.8) is 0 Å². The number of fused-ring (bicyclic) bond motifs is 3. The van der Waals surface area contributed by atoms with Crippen molar-refractivity contribution in [1.29, 1.82) is 0 Å². The van der Waals surface area contributed by atoms with E-state index in [1.165, 1.54) is 4.90 Å². The van der Waals surface area contributed by atoms with Crippen LogP contribution in [0.3, 0.4) is 0 Å². The van der Waals surface area contributed by atoms with Crippen LogP contribution in [0.5, 0.6) is 0 Å². The second-order valence-electron chi connectivity index (χ2n) is 7.57. The van der Waals surface area contributed by atoms with Gasteiger partial charge in [0.05, 0.1) is 19.3 Å². The number of nitrogens with two attached hydrogens (primary N) is 1. The molecule has 152 valence electrons. The van der Waals surface area contributed by atoms with Gasteiger partial charge in [-0.25, -0.2) is 10.3 Å². The predicted molar refractivity (Wildman–Crippen MR) is 86.9 cm³/mol. The maximum absolute atomic E-state index is 12.7. The van der Waals surface area contributed by atoms with E-state index < -0.39 is 39.8 Å². The number of nitrogens with zero attached hydrogens (tertiary/aromatic N) is 2. The number of carbonyl (C=O) groups is 2. The largest absolute Gasteiger partial charge is 0.418 e. The Hall–Kier alpha value is -1.51. The lowest BCUT2D eigenvalue weighted by Gasteiger charge is -2.50. The average molecular weight is 406 g/mol. The van der Waals surface area contributed by atoms with E-state index in [9.17, 15) is 18.0 Å². The van der Waals surface area contributed by atoms with Crippen molar-refractivity contribution in [2.24, 2.45) is 11.1 Å². The Bertz CT molecular complexity index is 741. The van der Waals surface area contributed by atoms with Crippen molar-refractivity contribution in [1.82, 2.24) is 15.4 Å². The van der Waals surface area contributed by atoms with Crippen LogP contribution in [0.4, 0.5) is 4.79 Å². The second-order valence-corrected chi connectivity index (χ2v) is 8.58. The van der Waals surface area contributed by atoms with Gasteiger partial charge in [-0.15, -0.1) is 4.28 Å². The number of rotatable bonds is 5. The number of amides is 3. The van der Waals surface area contributed by atoms with Gasteiger partial charge in [-0.05, 0) is 25.7 Å². The van der Waals surface area contributed by atoms with Gasteiger partial charge in [-0.1, -0.05) is 0 Å². The fourth-order valence-corrected chi connectivity index (χ4v) is 4.70. The molecule has 2 unspecified atom stereocenters. The average Bonchev–Trinajstić information content (AvgIpc) is 3.08. The molecule has 2 bridgehead atoms. The molecule has 3 heterocycles. The molecule has 3 amide bonds. The molecule has 27 heavy (non-hydrogen) atoms. The van der Waals surface area contributed by atoms with E-state index in [1.807, 2.05) is 0 Å². The van der Waals surface area contributed by atoms with Gasteiger partial charge in [-0.2, -0.15) is 13.5 Å². The van der Waals surface area contributed by atoms with Gasteiger partial charge in [0.2, 0.25) is 0 Å². The molecule has 12 nitrogen and oxygen atoms in total. The molecule has 4 N–H and O–H groups in total. The fourth-order valence-electron chi connectivity index (χ4n) is 4.33. The molecule has 1 saturated carbocycles. The Kier molecular flexibility index (Phi) is 4.56. The smallest absolute Gasteiger partial charge is 0.380 e. The zero-order chi connectivity index (χ0) is 19.4. The third-order valence-electron chi connectivity index (χ3n) is 5.84. The van der Waals surface area contributed by atoms with Crippen molar-refractivity contribution >= 4 is 22.3 Å². The highest BCUT2D eigenvalue weighted by atomic mass is 32.3. The van der Waals surface area contributed by atoms with Crippen LogP contribution < -0.4 is 11.2 Å². The normalized spacial score (nSPS) is 34.8. The molecular weight excluding hydrogens is 384 g/mol. The van der Waals surface area contributed by atoms with Crippen LogP contribution in [0.25, 0.3) is 0 Å². The van der Waals surface area contributed by atoms with Crippen LogP contribution >= 0.6 is 0 Å². The third kappa shape index (κ3) is 3.28. The monoisotopic (exact) mass is 406 g/mol. The van der Waals surface area contributed by atoms with Gasteiger partial charge < -0.3 is 15.4 Å². The summed E-state index contributed by atoms with van der Waals surface area (Å²) in [5.74, 6) is -0.513. The lowest BCUT2D eigenvalue weighted by Crippen LogP contribution is -2.63. The highest BCUT2D eigenvalue weighted by molar-refractivity contribution is 7.80. The molecule has 1 aliphatic carbocycles. The molecule has 4 fully saturated rings. The first-order chi connectivity index (χ1) is 12.7. The predicted octanol–water partition coefficient (Wildman–Crippen LogP) is -1.46. The number of carbonyl (C=O) groups excluding carboxylic acids is 2. The summed E-state index contributed by atoms with van der Waals surface area (Å²) in [6, 6.07) is -2.47. The van der Waals surface area contributed by atoms with E-state index in [1.54, 1.807) is 0 Å². The maximum Gasteiger partial charge on any atom is 0.418 e. The molecule has 0 aromatic carbocycles. The van der Waals surface area contributed by atoms with Crippen molar-refractivity contribution in [3.8, 4) is 0 Å². The maximum atomic E-state index is 12.7. The summed E-state index contributed by atoms with van der Waals surface area (Å²) in [7, 11) is -4.88. The number of hydrogen-bond acceptors (Lipinski definition) is 8. The summed E-state index contributed by atoms with van der Waals surface area (Å²) in [4.78, 5) is 31.9. The molecular formula is C14H22N4O8S. The summed E-state index contributed by atoms with van der Waals surface area (Å²) >= 11 is 0. The van der Waals surface area contributed by atoms with Crippen molar-refractivity contribution in [2.45, 2.75) is 49.9 Å². The molecule has 0 aromatic rings. The van der Waals surface area contributed by atoms with Crippen LogP contribution in [-0.2, 0) is 29.1 Å². The van der Waals surface area contributed by atoms with E-state index in [4.69, 9.17) is 19.9 Å². The summed E-state index contributed by atoms with van der Waals surface area (Å²) < 4.78 is 40.9. The molecule has 0 aromatic heterocycles. The van der Waals surface area contributed by atoms with Crippen LogP contribution in [0.2, 0.25) is 0 Å². The molecule has 0 radical (unpaired) electrons. The number of ether oxygens (including phenoxy) is 1. The van der Waals surface area contributed by atoms with Crippen LogP contribution in [-0.4, -0.2) is 78.9 Å². The number of nitrogens with one attached hydrogen (secondary N) is 1. The summed E-state index contributed by atoms with van der Waals surface area (Å²) in [6.07, 6.45) is 2.46. The fraction of sp³-hybridized carbons (Fsp3) is 0.857. The molecule has 4 atom stereocenters. The Balaban J connectivity index is 1.49. The highest BCUT2D eigenvalue weighted by Crippen LogP contribution is 2.47. The minimum atomic E-state index is -4.88. The quantitative estimate of drug-likeness (QED) is 0.366. The zero-order valence-electron chi connectivity index (χ0n) is 14.4. The highest BCUT2D eigenvalue weighted by Gasteiger charge is 2.63. The van der Waals surface area contributed by atoms with Gasteiger partial charge in [0.1, 0.15) is 12.1 Å². The van der Waals surface area contributed by atoms with E-state index >= 15 is 0 Å². The van der Waals surface area contributed by atoms with Gasteiger partial charge in [0, 0.05) is 18.0 Å². The molecule has 3 aliphatic heterocycles. The summed E-state index contributed by atoms with van der Waals surface area (Å²) in [5.41, 5.74) is 7.69. The molecule has 4 rings (SSSR count). The minimum Gasteiger partial charge on any atom is -0.380 e. The molecule has 4 aliphatic rings. The van der Waals surface area contributed by atoms with Gasteiger partial charge in [-0.3, -0.25) is 14.2 Å². The van der Waals surface area contributed by atoms with Crippen molar-refractivity contribution in [3.05, 3.63) is 0 Å². The Morgan fingerprint density at radius 2 is 2.11 bits per heavy atom. The Morgan fingerprint density at radius 1 is 1.37 bits per heavy atom. The third-order valence-corrected chi connectivity index (χ3v) is 6.19. The second kappa shape index (κ2) is 6.53. The van der Waals surface area contributed by atoms with E-state index in [-0.39, 0.29) is 38.3 Å². The topological polar surface area (TPSA) is 161 Å². The summed E-state index contributed by atoms with van der Waals surface area (Å²) in [5, 5.41) is 0.624.